The van der Waals surface area contributed by atoms with Crippen molar-refractivity contribution in [1.29, 1.82) is 0 Å². The van der Waals surface area contributed by atoms with Crippen molar-refractivity contribution in [3.8, 4) is 0 Å². The van der Waals surface area contributed by atoms with Gasteiger partial charge < -0.3 is 30.4 Å². The Morgan fingerprint density at radius 3 is 2.78 bits per heavy atom. The van der Waals surface area contributed by atoms with E-state index in [0.717, 1.165) is 0 Å². The van der Waals surface area contributed by atoms with Gasteiger partial charge in [-0.2, -0.15) is 5.10 Å². The number of nitrogens with zero attached hydrogens (tertiary/aromatic N) is 5. The van der Waals surface area contributed by atoms with Crippen LogP contribution in [0.1, 0.15) is 11.8 Å². The SMILES string of the molecule is CN1N=C(N)c2cn([C@@H]3O[C@H](CO)C(O)[C@@H]3O)c3ncnc1c23. The summed E-state index contributed by atoms with van der Waals surface area (Å²) in [4.78, 5) is 8.45. The smallest absolute Gasteiger partial charge is 0.164 e. The van der Waals surface area contributed by atoms with E-state index in [1.165, 1.54) is 6.33 Å². The zero-order valence-corrected chi connectivity index (χ0v) is 12.2. The first-order valence-electron chi connectivity index (χ1n) is 7.09. The zero-order chi connectivity index (χ0) is 16.3. The van der Waals surface area contributed by atoms with Crippen molar-refractivity contribution in [2.24, 2.45) is 10.8 Å². The number of aliphatic hydroxyl groups is 3. The molecule has 1 unspecified atom stereocenters. The minimum absolute atomic E-state index is 0.297. The molecule has 4 atom stereocenters. The molecule has 2 aromatic rings. The summed E-state index contributed by atoms with van der Waals surface area (Å²) < 4.78 is 7.15. The van der Waals surface area contributed by atoms with Crippen LogP contribution in [0.25, 0.3) is 11.0 Å². The number of nitrogens with two attached hydrogens (primary N) is 1. The van der Waals surface area contributed by atoms with Crippen molar-refractivity contribution in [2.45, 2.75) is 24.5 Å². The van der Waals surface area contributed by atoms with Crippen LogP contribution in [0.3, 0.4) is 0 Å². The lowest BCUT2D eigenvalue weighted by Crippen LogP contribution is -2.33. The van der Waals surface area contributed by atoms with Crippen LogP contribution in [0.4, 0.5) is 5.82 Å². The molecule has 0 radical (unpaired) electrons. The molecule has 0 aliphatic carbocycles. The lowest BCUT2D eigenvalue weighted by Gasteiger charge is -2.19. The van der Waals surface area contributed by atoms with Crippen LogP contribution in [0.15, 0.2) is 17.6 Å². The van der Waals surface area contributed by atoms with Gasteiger partial charge in [-0.25, -0.2) is 15.0 Å². The molecule has 0 saturated carbocycles. The molecule has 10 nitrogen and oxygen atoms in total. The summed E-state index contributed by atoms with van der Waals surface area (Å²) in [7, 11) is 1.72. The van der Waals surface area contributed by atoms with Gasteiger partial charge in [0.1, 0.15) is 30.3 Å². The number of anilines is 1. The number of hydrogen-bond acceptors (Lipinski definition) is 9. The quantitative estimate of drug-likeness (QED) is 0.503. The first kappa shape index (κ1) is 14.3. The van der Waals surface area contributed by atoms with Crippen LogP contribution >= 0.6 is 0 Å². The highest BCUT2D eigenvalue weighted by molar-refractivity contribution is 6.13. The highest BCUT2D eigenvalue weighted by Crippen LogP contribution is 2.36. The molecule has 0 aromatic carbocycles. The Morgan fingerprint density at radius 1 is 1.30 bits per heavy atom. The maximum atomic E-state index is 10.2. The van der Waals surface area contributed by atoms with Crippen LogP contribution in [0.2, 0.25) is 0 Å². The molecule has 0 amide bonds. The predicted molar refractivity (Wildman–Crippen MR) is 79.7 cm³/mol. The Hall–Kier alpha value is -2.27. The first-order valence-corrected chi connectivity index (χ1v) is 7.09. The van der Waals surface area contributed by atoms with E-state index >= 15 is 0 Å². The van der Waals surface area contributed by atoms with Gasteiger partial charge in [-0.15, -0.1) is 0 Å². The molecule has 0 bridgehead atoms. The van der Waals surface area contributed by atoms with Crippen molar-refractivity contribution in [3.63, 3.8) is 0 Å². The summed E-state index contributed by atoms with van der Waals surface area (Å²) in [6.45, 7) is -0.395. The van der Waals surface area contributed by atoms with Crippen molar-refractivity contribution in [3.05, 3.63) is 18.1 Å². The topological polar surface area (TPSA) is 142 Å². The van der Waals surface area contributed by atoms with Gasteiger partial charge in [0, 0.05) is 18.8 Å². The largest absolute Gasteiger partial charge is 0.394 e. The van der Waals surface area contributed by atoms with E-state index in [4.69, 9.17) is 10.5 Å². The van der Waals surface area contributed by atoms with E-state index in [1.807, 2.05) is 0 Å². The third-order valence-corrected chi connectivity index (χ3v) is 4.22. The maximum Gasteiger partial charge on any atom is 0.164 e. The summed E-state index contributed by atoms with van der Waals surface area (Å²) in [5, 5.41) is 35.9. The Morgan fingerprint density at radius 2 is 2.09 bits per heavy atom. The number of rotatable bonds is 2. The zero-order valence-electron chi connectivity index (χ0n) is 12.2. The van der Waals surface area contributed by atoms with Crippen LogP contribution < -0.4 is 10.7 Å². The first-order chi connectivity index (χ1) is 11.0. The Labute approximate surface area is 130 Å². The summed E-state index contributed by atoms with van der Waals surface area (Å²) >= 11 is 0. The van der Waals surface area contributed by atoms with Gasteiger partial charge in [-0.3, -0.25) is 0 Å². The van der Waals surface area contributed by atoms with E-state index < -0.39 is 31.1 Å². The van der Waals surface area contributed by atoms with Gasteiger partial charge in [0.25, 0.3) is 0 Å². The summed E-state index contributed by atoms with van der Waals surface area (Å²) in [6.07, 6.45) is -1.10. The van der Waals surface area contributed by atoms with Crippen LogP contribution in [-0.2, 0) is 4.74 Å². The molecule has 4 heterocycles. The third-order valence-electron chi connectivity index (χ3n) is 4.22. The highest BCUT2D eigenvalue weighted by atomic mass is 16.6. The molecular weight excluding hydrogens is 304 g/mol. The maximum absolute atomic E-state index is 10.2. The number of hydrogen-bond donors (Lipinski definition) is 4. The van der Waals surface area contributed by atoms with Gasteiger partial charge in [0.15, 0.2) is 17.9 Å². The van der Waals surface area contributed by atoms with E-state index in [2.05, 4.69) is 15.1 Å². The molecule has 5 N–H and O–H groups in total. The summed E-state index contributed by atoms with van der Waals surface area (Å²) in [5.41, 5.74) is 7.10. The number of aromatic nitrogens is 3. The molecule has 1 saturated heterocycles. The van der Waals surface area contributed by atoms with Gasteiger partial charge in [0.2, 0.25) is 0 Å². The summed E-state index contributed by atoms with van der Waals surface area (Å²) in [6, 6.07) is 0. The number of hydrazone groups is 1. The number of amidine groups is 1. The molecular formula is C13H16N6O4. The fraction of sp³-hybridized carbons (Fsp3) is 0.462. The average molecular weight is 320 g/mol. The third kappa shape index (κ3) is 1.86. The molecule has 10 heteroatoms. The van der Waals surface area contributed by atoms with Crippen molar-refractivity contribution >= 4 is 22.7 Å². The second-order valence-electron chi connectivity index (χ2n) is 5.58. The van der Waals surface area contributed by atoms with E-state index in [0.29, 0.717) is 28.3 Å². The van der Waals surface area contributed by atoms with Gasteiger partial charge in [-0.1, -0.05) is 0 Å². The van der Waals surface area contributed by atoms with Crippen molar-refractivity contribution < 1.29 is 20.1 Å². The van der Waals surface area contributed by atoms with E-state index in [-0.39, 0.29) is 0 Å². The van der Waals surface area contributed by atoms with Crippen LogP contribution in [0.5, 0.6) is 0 Å². The molecule has 122 valence electrons. The Balaban J connectivity index is 1.89. The Kier molecular flexibility index (Phi) is 3.03. The molecule has 2 aliphatic heterocycles. The monoisotopic (exact) mass is 320 g/mol. The number of aliphatic hydroxyl groups excluding tert-OH is 3. The normalized spacial score (nSPS) is 30.1. The fourth-order valence-corrected chi connectivity index (χ4v) is 3.07. The molecule has 2 aliphatic rings. The average Bonchev–Trinajstić information content (AvgIpc) is 3.05. The molecule has 1 fully saturated rings. The molecule has 2 aromatic heterocycles. The Bertz CT molecular complexity index is 805. The second kappa shape index (κ2) is 4.86. The van der Waals surface area contributed by atoms with Gasteiger partial charge in [0.05, 0.1) is 12.0 Å². The fourth-order valence-electron chi connectivity index (χ4n) is 3.07. The molecule has 4 rings (SSSR count). The number of ether oxygens (including phenoxy) is 1. The summed E-state index contributed by atoms with van der Waals surface area (Å²) in [5.74, 6) is 0.884. The minimum atomic E-state index is -1.20. The molecule has 0 spiro atoms. The van der Waals surface area contributed by atoms with Crippen LogP contribution in [-0.4, -0.2) is 67.7 Å². The van der Waals surface area contributed by atoms with Crippen molar-refractivity contribution in [1.82, 2.24) is 14.5 Å². The van der Waals surface area contributed by atoms with Gasteiger partial charge in [-0.05, 0) is 0 Å². The van der Waals surface area contributed by atoms with E-state index in [1.54, 1.807) is 22.8 Å². The van der Waals surface area contributed by atoms with Crippen LogP contribution in [0, 0.1) is 0 Å². The lowest BCUT2D eigenvalue weighted by atomic mass is 10.1. The lowest BCUT2D eigenvalue weighted by molar-refractivity contribution is -0.0508. The highest BCUT2D eigenvalue weighted by Gasteiger charge is 2.44. The standard InChI is InChI=1S/C13H16N6O4/c1-18-11-7-5(10(14)17-18)2-19(12(7)16-4-15-11)13-9(22)8(21)6(3-20)23-13/h2,4,6,8-9,13,20-22H,3H2,1H3,(H2,14,17)/t6-,8?,9+,13-/m1/s1. The molecule has 23 heavy (non-hydrogen) atoms. The minimum Gasteiger partial charge on any atom is -0.394 e. The predicted octanol–water partition coefficient (Wildman–Crippen LogP) is -1.89. The van der Waals surface area contributed by atoms with Gasteiger partial charge >= 0.3 is 0 Å². The van der Waals surface area contributed by atoms with E-state index in [9.17, 15) is 15.3 Å². The van der Waals surface area contributed by atoms with Crippen molar-refractivity contribution in [2.75, 3.05) is 18.7 Å². The second-order valence-corrected chi connectivity index (χ2v) is 5.58.